The Morgan fingerprint density at radius 2 is 1.97 bits per heavy atom. The van der Waals surface area contributed by atoms with Gasteiger partial charge in [-0.3, -0.25) is 19.3 Å². The molecule has 1 spiro atoms. The average Bonchev–Trinajstić information content (AvgIpc) is 3.32. The third kappa shape index (κ3) is 3.82. The number of rotatable bonds is 6. The molecule has 7 heteroatoms. The van der Waals surface area contributed by atoms with Crippen molar-refractivity contribution in [3.63, 3.8) is 0 Å². The van der Waals surface area contributed by atoms with Crippen molar-refractivity contribution in [2.45, 2.75) is 64.5 Å². The zero-order valence-electron chi connectivity index (χ0n) is 19.1. The lowest BCUT2D eigenvalue weighted by molar-refractivity contribution is -0.147. The van der Waals surface area contributed by atoms with Crippen LogP contribution in [0.25, 0.3) is 0 Å². The van der Waals surface area contributed by atoms with E-state index in [1.165, 1.54) is 0 Å². The number of piperidine rings is 1. The van der Waals surface area contributed by atoms with Gasteiger partial charge in [0.2, 0.25) is 11.8 Å². The molecule has 2 aliphatic heterocycles. The highest BCUT2D eigenvalue weighted by Crippen LogP contribution is 2.50. The highest BCUT2D eigenvalue weighted by atomic mass is 16.2. The van der Waals surface area contributed by atoms with Gasteiger partial charge >= 0.3 is 0 Å². The summed E-state index contributed by atoms with van der Waals surface area (Å²) in [7, 11) is 0. The van der Waals surface area contributed by atoms with Crippen molar-refractivity contribution in [3.8, 4) is 0 Å². The first kappa shape index (κ1) is 21.2. The summed E-state index contributed by atoms with van der Waals surface area (Å²) < 4.78 is 2.04. The molecular formula is C25H33N5O2. The lowest BCUT2D eigenvalue weighted by Crippen LogP contribution is -2.52. The molecule has 0 radical (unpaired) electrons. The first-order valence-corrected chi connectivity index (χ1v) is 12.0. The highest BCUT2D eigenvalue weighted by Gasteiger charge is 2.57. The molecule has 2 aromatic rings. The van der Waals surface area contributed by atoms with Crippen LogP contribution in [-0.2, 0) is 16.1 Å². The minimum Gasteiger partial charge on any atom is -0.341 e. The summed E-state index contributed by atoms with van der Waals surface area (Å²) in [6.45, 7) is 6.72. The molecule has 0 bridgehead atoms. The van der Waals surface area contributed by atoms with Gasteiger partial charge in [-0.05, 0) is 69.2 Å². The van der Waals surface area contributed by atoms with E-state index in [4.69, 9.17) is 0 Å². The summed E-state index contributed by atoms with van der Waals surface area (Å²) in [6, 6.07) is 6.20. The van der Waals surface area contributed by atoms with Crippen LogP contribution in [0.15, 0.2) is 36.8 Å². The van der Waals surface area contributed by atoms with E-state index in [2.05, 4.69) is 30.0 Å². The van der Waals surface area contributed by atoms with Crippen molar-refractivity contribution < 1.29 is 9.59 Å². The van der Waals surface area contributed by atoms with E-state index in [9.17, 15) is 9.59 Å². The van der Waals surface area contributed by atoms with Crippen LogP contribution < -0.4 is 0 Å². The highest BCUT2D eigenvalue weighted by molar-refractivity contribution is 5.87. The molecular weight excluding hydrogens is 402 g/mol. The minimum absolute atomic E-state index is 0.0247. The summed E-state index contributed by atoms with van der Waals surface area (Å²) in [6.07, 6.45) is 10.1. The number of hydrogen-bond donors (Lipinski definition) is 0. The summed E-state index contributed by atoms with van der Waals surface area (Å²) in [5, 5.41) is 4.56. The first-order valence-electron chi connectivity index (χ1n) is 12.0. The van der Waals surface area contributed by atoms with Crippen molar-refractivity contribution in [2.24, 2.45) is 11.3 Å². The molecule has 2 saturated heterocycles. The van der Waals surface area contributed by atoms with Crippen LogP contribution in [0.4, 0.5) is 0 Å². The number of pyridine rings is 1. The molecule has 0 unspecified atom stereocenters. The lowest BCUT2D eigenvalue weighted by Gasteiger charge is -2.42. The third-order valence-corrected chi connectivity index (χ3v) is 7.49. The fourth-order valence-electron chi connectivity index (χ4n) is 5.65. The van der Waals surface area contributed by atoms with Gasteiger partial charge in [-0.25, -0.2) is 0 Å². The Balaban J connectivity index is 1.47. The topological polar surface area (TPSA) is 71.3 Å². The van der Waals surface area contributed by atoms with E-state index >= 15 is 0 Å². The predicted octanol–water partition coefficient (Wildman–Crippen LogP) is 3.39. The fourth-order valence-corrected chi connectivity index (χ4v) is 5.65. The molecule has 4 heterocycles. The molecule has 1 aliphatic carbocycles. The Labute approximate surface area is 189 Å². The summed E-state index contributed by atoms with van der Waals surface area (Å²) in [4.78, 5) is 35.3. The maximum absolute atomic E-state index is 14.1. The Kier molecular flexibility index (Phi) is 5.51. The van der Waals surface area contributed by atoms with Gasteiger partial charge < -0.3 is 9.80 Å². The third-order valence-electron chi connectivity index (χ3n) is 7.49. The zero-order chi connectivity index (χ0) is 22.3. The van der Waals surface area contributed by atoms with E-state index < -0.39 is 5.41 Å². The number of carbonyl (C=O) groups excluding carboxylic acids is 2. The van der Waals surface area contributed by atoms with Gasteiger partial charge in [-0.15, -0.1) is 0 Å². The number of nitrogens with zero attached hydrogens (tertiary/aromatic N) is 5. The van der Waals surface area contributed by atoms with Gasteiger partial charge in [0.25, 0.3) is 0 Å². The van der Waals surface area contributed by atoms with Gasteiger partial charge in [-0.2, -0.15) is 5.10 Å². The smallest absolute Gasteiger partial charge is 0.231 e. The number of carbonyl (C=O) groups is 2. The van der Waals surface area contributed by atoms with Crippen molar-refractivity contribution in [2.75, 3.05) is 19.6 Å². The van der Waals surface area contributed by atoms with E-state index in [1.54, 1.807) is 12.4 Å². The van der Waals surface area contributed by atoms with E-state index in [0.29, 0.717) is 32.0 Å². The quantitative estimate of drug-likeness (QED) is 0.697. The van der Waals surface area contributed by atoms with Gasteiger partial charge in [0.15, 0.2) is 0 Å². The van der Waals surface area contributed by atoms with Crippen LogP contribution in [0.3, 0.4) is 0 Å². The largest absolute Gasteiger partial charge is 0.341 e. The molecule has 1 saturated carbocycles. The lowest BCUT2D eigenvalue weighted by atomic mass is 9.70. The molecule has 2 amide bonds. The number of hydrogen-bond acceptors (Lipinski definition) is 4. The maximum atomic E-state index is 14.1. The maximum Gasteiger partial charge on any atom is 0.231 e. The molecule has 3 aliphatic rings. The van der Waals surface area contributed by atoms with Crippen molar-refractivity contribution in [1.29, 1.82) is 0 Å². The van der Waals surface area contributed by atoms with E-state index in [1.807, 2.05) is 32.8 Å². The molecule has 0 N–H and O–H groups in total. The Morgan fingerprint density at radius 3 is 2.69 bits per heavy atom. The molecule has 7 nitrogen and oxygen atoms in total. The monoisotopic (exact) mass is 435 g/mol. The second-order valence-corrected chi connectivity index (χ2v) is 10.1. The molecule has 0 aromatic carbocycles. The number of likely N-dealkylation sites (tertiary alicyclic amines) is 2. The Hall–Kier alpha value is -2.70. The van der Waals surface area contributed by atoms with Crippen LogP contribution in [0.2, 0.25) is 0 Å². The van der Waals surface area contributed by atoms with Crippen molar-refractivity contribution in [1.82, 2.24) is 24.6 Å². The molecule has 2 aromatic heterocycles. The van der Waals surface area contributed by atoms with Crippen LogP contribution >= 0.6 is 0 Å². The second-order valence-electron chi connectivity index (χ2n) is 10.1. The van der Waals surface area contributed by atoms with Gasteiger partial charge in [0, 0.05) is 68.8 Å². The Morgan fingerprint density at radius 1 is 1.19 bits per heavy atom. The van der Waals surface area contributed by atoms with E-state index in [0.717, 1.165) is 43.5 Å². The van der Waals surface area contributed by atoms with E-state index in [-0.39, 0.29) is 23.8 Å². The average molecular weight is 436 g/mol. The van der Waals surface area contributed by atoms with Crippen LogP contribution in [0.5, 0.6) is 0 Å². The van der Waals surface area contributed by atoms with Crippen molar-refractivity contribution >= 4 is 11.8 Å². The van der Waals surface area contributed by atoms with Crippen LogP contribution in [0, 0.1) is 11.3 Å². The number of aromatic nitrogens is 3. The molecule has 3 fully saturated rings. The second kappa shape index (κ2) is 8.34. The number of amides is 2. The van der Waals surface area contributed by atoms with Crippen molar-refractivity contribution in [3.05, 3.63) is 48.0 Å². The summed E-state index contributed by atoms with van der Waals surface area (Å²) in [5.41, 5.74) is 1.60. The minimum atomic E-state index is -0.572. The van der Waals surface area contributed by atoms with Gasteiger partial charge in [0.05, 0.1) is 5.41 Å². The summed E-state index contributed by atoms with van der Waals surface area (Å²) in [5.74, 6) is 0.917. The Bertz CT molecular complexity index is 983. The van der Waals surface area contributed by atoms with Gasteiger partial charge in [-0.1, -0.05) is 0 Å². The van der Waals surface area contributed by atoms with Gasteiger partial charge in [0.1, 0.15) is 0 Å². The first-order chi connectivity index (χ1) is 15.5. The summed E-state index contributed by atoms with van der Waals surface area (Å²) >= 11 is 0. The standard InChI is InChI=1S/C25H33N5O2/c1-18(2)30-22(8-12-27-30)21-16-29(23(31)14-19-4-5-19)17-25(21)9-3-13-28(24(25)32)15-20-6-10-26-11-7-20/h6-8,10-12,18-19,21H,3-5,9,13-17H2,1-2H3/t21-,25+/m0/s1. The molecule has 2 atom stereocenters. The molecule has 5 rings (SSSR count). The molecule has 170 valence electrons. The molecule has 32 heavy (non-hydrogen) atoms. The normalized spacial score (nSPS) is 25.8. The van der Waals surface area contributed by atoms with Crippen LogP contribution in [0.1, 0.15) is 69.2 Å². The van der Waals surface area contributed by atoms with Crippen LogP contribution in [-0.4, -0.2) is 56.0 Å². The zero-order valence-corrected chi connectivity index (χ0v) is 19.1. The predicted molar refractivity (Wildman–Crippen MR) is 121 cm³/mol. The SMILES string of the molecule is CC(C)n1nccc1[C@@H]1CN(C(=O)CC2CC2)C[C@]12CCCN(Cc1ccncc1)C2=O. The fraction of sp³-hybridized carbons (Fsp3) is 0.600.